The molecular formula is C8H6N2O3. The number of fused-ring (bicyclic) bond motifs is 1. The molecule has 2 rings (SSSR count). The first-order valence-corrected chi connectivity index (χ1v) is 3.69. The minimum atomic E-state index is -1.17. The zero-order valence-electron chi connectivity index (χ0n) is 6.52. The average molecular weight is 178 g/mol. The van der Waals surface area contributed by atoms with E-state index in [1.54, 1.807) is 12.1 Å². The fourth-order valence-corrected chi connectivity index (χ4v) is 1.31. The Hall–Kier alpha value is -1.91. The van der Waals surface area contributed by atoms with Crippen molar-refractivity contribution in [1.82, 2.24) is 4.98 Å². The van der Waals surface area contributed by atoms with Crippen LogP contribution < -0.4 is 5.32 Å². The van der Waals surface area contributed by atoms with Gasteiger partial charge in [-0.3, -0.25) is 14.6 Å². The molecule has 0 saturated carbocycles. The van der Waals surface area contributed by atoms with Crippen molar-refractivity contribution in [3.05, 3.63) is 24.0 Å². The first-order valence-electron chi connectivity index (χ1n) is 3.69. The maximum Gasteiger partial charge on any atom is 0.322 e. The molecule has 13 heavy (non-hydrogen) atoms. The van der Waals surface area contributed by atoms with Gasteiger partial charge in [-0.2, -0.15) is 0 Å². The molecule has 0 spiro atoms. The smallest absolute Gasteiger partial charge is 0.322 e. The standard InChI is InChI=1S/C8H6N2O3/c11-7-5(8(12)13)6-4(10-7)2-1-3-9-6/h1-3,5H,(H,10,11)(H,12,13)/t5-/m0/s1. The Balaban J connectivity index is 2.52. The number of amides is 1. The Labute approximate surface area is 73.4 Å². The fraction of sp³-hybridized carbons (Fsp3) is 0.125. The van der Waals surface area contributed by atoms with Crippen LogP contribution in [0.5, 0.6) is 0 Å². The van der Waals surface area contributed by atoms with Gasteiger partial charge < -0.3 is 10.4 Å². The van der Waals surface area contributed by atoms with Gasteiger partial charge >= 0.3 is 5.97 Å². The third-order valence-electron chi connectivity index (χ3n) is 1.88. The SMILES string of the molecule is O=C(O)[C@@H]1C(=O)Nc2cccnc21. The monoisotopic (exact) mass is 178 g/mol. The first-order chi connectivity index (χ1) is 6.20. The largest absolute Gasteiger partial charge is 0.480 e. The predicted molar refractivity (Wildman–Crippen MR) is 43.2 cm³/mol. The van der Waals surface area contributed by atoms with E-state index in [4.69, 9.17) is 5.11 Å². The van der Waals surface area contributed by atoms with Crippen LogP contribution in [0.3, 0.4) is 0 Å². The fourth-order valence-electron chi connectivity index (χ4n) is 1.31. The second kappa shape index (κ2) is 2.55. The quantitative estimate of drug-likeness (QED) is 0.602. The van der Waals surface area contributed by atoms with E-state index in [9.17, 15) is 9.59 Å². The van der Waals surface area contributed by atoms with Gasteiger partial charge in [0.25, 0.3) is 0 Å². The Morgan fingerprint density at radius 3 is 3.08 bits per heavy atom. The highest BCUT2D eigenvalue weighted by atomic mass is 16.4. The molecule has 0 aromatic carbocycles. The van der Waals surface area contributed by atoms with Crippen molar-refractivity contribution in [2.24, 2.45) is 0 Å². The summed E-state index contributed by atoms with van der Waals surface area (Å²) < 4.78 is 0. The number of rotatable bonds is 1. The summed E-state index contributed by atoms with van der Waals surface area (Å²) in [4.78, 5) is 25.7. The van der Waals surface area contributed by atoms with Gasteiger partial charge in [0.2, 0.25) is 5.91 Å². The summed E-state index contributed by atoms with van der Waals surface area (Å²) in [6, 6.07) is 3.27. The summed E-state index contributed by atoms with van der Waals surface area (Å²) in [5.41, 5.74) is 0.778. The van der Waals surface area contributed by atoms with E-state index in [-0.39, 0.29) is 0 Å². The van der Waals surface area contributed by atoms with Crippen LogP contribution in [0.4, 0.5) is 5.69 Å². The van der Waals surface area contributed by atoms with Crippen molar-refractivity contribution in [3.63, 3.8) is 0 Å². The molecule has 5 nitrogen and oxygen atoms in total. The average Bonchev–Trinajstić information content (AvgIpc) is 2.39. The number of nitrogens with zero attached hydrogens (tertiary/aromatic N) is 1. The van der Waals surface area contributed by atoms with E-state index < -0.39 is 17.8 Å². The molecule has 0 aliphatic carbocycles. The van der Waals surface area contributed by atoms with Crippen molar-refractivity contribution < 1.29 is 14.7 Å². The third-order valence-corrected chi connectivity index (χ3v) is 1.88. The molecule has 2 heterocycles. The van der Waals surface area contributed by atoms with E-state index in [2.05, 4.69) is 10.3 Å². The zero-order chi connectivity index (χ0) is 9.42. The molecule has 1 aromatic rings. The first kappa shape index (κ1) is 7.72. The second-order valence-electron chi connectivity index (χ2n) is 2.70. The van der Waals surface area contributed by atoms with E-state index >= 15 is 0 Å². The van der Waals surface area contributed by atoms with Crippen molar-refractivity contribution >= 4 is 17.6 Å². The highest BCUT2D eigenvalue weighted by Crippen LogP contribution is 2.29. The third kappa shape index (κ3) is 1.05. The highest BCUT2D eigenvalue weighted by Gasteiger charge is 2.37. The molecule has 1 amide bonds. The van der Waals surface area contributed by atoms with Gasteiger partial charge in [0, 0.05) is 6.20 Å². The zero-order valence-corrected chi connectivity index (χ0v) is 6.52. The van der Waals surface area contributed by atoms with E-state index in [1.807, 2.05) is 0 Å². The van der Waals surface area contributed by atoms with Crippen LogP contribution in [0.25, 0.3) is 0 Å². The molecule has 0 unspecified atom stereocenters. The maximum atomic E-state index is 11.1. The lowest BCUT2D eigenvalue weighted by atomic mass is 10.1. The van der Waals surface area contributed by atoms with Crippen molar-refractivity contribution in [3.8, 4) is 0 Å². The van der Waals surface area contributed by atoms with Crippen molar-refractivity contribution in [1.29, 1.82) is 0 Å². The lowest BCUT2D eigenvalue weighted by Crippen LogP contribution is -2.20. The Morgan fingerprint density at radius 2 is 2.38 bits per heavy atom. The molecule has 5 heteroatoms. The Bertz CT molecular complexity index is 389. The summed E-state index contributed by atoms with van der Waals surface area (Å²) in [6.07, 6.45) is 1.47. The van der Waals surface area contributed by atoms with Crippen LogP contribution in [0, 0.1) is 0 Å². The molecular weight excluding hydrogens is 172 g/mol. The minimum Gasteiger partial charge on any atom is -0.480 e. The van der Waals surface area contributed by atoms with Crippen LogP contribution >= 0.6 is 0 Å². The Morgan fingerprint density at radius 1 is 1.62 bits per heavy atom. The van der Waals surface area contributed by atoms with E-state index in [1.165, 1.54) is 6.20 Å². The number of anilines is 1. The van der Waals surface area contributed by atoms with Gasteiger partial charge in [0.1, 0.15) is 0 Å². The number of carbonyl (C=O) groups is 2. The minimum absolute atomic E-state index is 0.292. The predicted octanol–water partition coefficient (Wildman–Crippen LogP) is 0.202. The van der Waals surface area contributed by atoms with E-state index in [0.29, 0.717) is 11.4 Å². The van der Waals surface area contributed by atoms with Gasteiger partial charge in [0.15, 0.2) is 5.92 Å². The number of hydrogen-bond donors (Lipinski definition) is 2. The van der Waals surface area contributed by atoms with Crippen LogP contribution in [-0.4, -0.2) is 22.0 Å². The Kier molecular flexibility index (Phi) is 1.51. The molecule has 1 aromatic heterocycles. The van der Waals surface area contributed by atoms with Crippen molar-refractivity contribution in [2.45, 2.75) is 5.92 Å². The lowest BCUT2D eigenvalue weighted by molar-refractivity contribution is -0.141. The molecule has 2 N–H and O–H groups in total. The number of carboxylic acids is 1. The molecule has 0 saturated heterocycles. The van der Waals surface area contributed by atoms with Gasteiger partial charge in [-0.15, -0.1) is 0 Å². The molecule has 66 valence electrons. The highest BCUT2D eigenvalue weighted by molar-refractivity contribution is 6.13. The van der Waals surface area contributed by atoms with Crippen LogP contribution in [-0.2, 0) is 9.59 Å². The maximum absolute atomic E-state index is 11.1. The van der Waals surface area contributed by atoms with Gasteiger partial charge in [-0.05, 0) is 12.1 Å². The number of nitrogens with one attached hydrogen (secondary N) is 1. The van der Waals surface area contributed by atoms with Crippen LogP contribution in [0.15, 0.2) is 18.3 Å². The topological polar surface area (TPSA) is 79.3 Å². The number of hydrogen-bond acceptors (Lipinski definition) is 3. The summed E-state index contributed by atoms with van der Waals surface area (Å²) in [5, 5.41) is 11.2. The van der Waals surface area contributed by atoms with Gasteiger partial charge in [-0.1, -0.05) is 0 Å². The molecule has 1 aliphatic heterocycles. The van der Waals surface area contributed by atoms with Gasteiger partial charge in [-0.25, -0.2) is 0 Å². The number of aliphatic carboxylic acids is 1. The number of carboxylic acid groups (broad SMARTS) is 1. The van der Waals surface area contributed by atoms with E-state index in [0.717, 1.165) is 0 Å². The van der Waals surface area contributed by atoms with Crippen LogP contribution in [0.1, 0.15) is 11.6 Å². The van der Waals surface area contributed by atoms with Crippen molar-refractivity contribution in [2.75, 3.05) is 5.32 Å². The normalized spacial score (nSPS) is 19.4. The number of aromatic nitrogens is 1. The lowest BCUT2D eigenvalue weighted by Gasteiger charge is -1.99. The molecule has 0 radical (unpaired) electrons. The number of carbonyl (C=O) groups excluding carboxylic acids is 1. The molecule has 1 atom stereocenters. The molecule has 0 fully saturated rings. The second-order valence-corrected chi connectivity index (χ2v) is 2.70. The van der Waals surface area contributed by atoms with Crippen LogP contribution in [0.2, 0.25) is 0 Å². The molecule has 0 bridgehead atoms. The summed E-state index contributed by atoms with van der Waals surface area (Å²) in [7, 11) is 0. The molecule has 1 aliphatic rings. The summed E-state index contributed by atoms with van der Waals surface area (Å²) in [6.45, 7) is 0. The summed E-state index contributed by atoms with van der Waals surface area (Å²) >= 11 is 0. The summed E-state index contributed by atoms with van der Waals surface area (Å²) in [5.74, 6) is -2.85. The number of pyridine rings is 1. The van der Waals surface area contributed by atoms with Gasteiger partial charge in [0.05, 0.1) is 11.4 Å².